The highest BCUT2D eigenvalue weighted by atomic mass is 16.2. The van der Waals surface area contributed by atoms with Crippen LogP contribution in [0, 0.1) is 17.8 Å². The van der Waals surface area contributed by atoms with Crippen LogP contribution in [0.25, 0.3) is 0 Å². The van der Waals surface area contributed by atoms with Crippen molar-refractivity contribution in [3.63, 3.8) is 0 Å². The van der Waals surface area contributed by atoms with E-state index in [0.717, 1.165) is 5.92 Å². The lowest BCUT2D eigenvalue weighted by atomic mass is 9.92. The van der Waals surface area contributed by atoms with Gasteiger partial charge in [-0.15, -0.1) is 0 Å². The smallest absolute Gasteiger partial charge is 0.240 e. The summed E-state index contributed by atoms with van der Waals surface area (Å²) < 4.78 is 0. The van der Waals surface area contributed by atoms with Crippen LogP contribution in [0.3, 0.4) is 0 Å². The Bertz CT molecular complexity index is 364. The highest BCUT2D eigenvalue weighted by Crippen LogP contribution is 2.41. The molecular weight excluding hydrogens is 248 g/mol. The molecule has 5 unspecified atom stereocenters. The van der Waals surface area contributed by atoms with Crippen LogP contribution >= 0.6 is 0 Å². The summed E-state index contributed by atoms with van der Waals surface area (Å²) in [5.41, 5.74) is 0. The molecule has 20 heavy (non-hydrogen) atoms. The van der Waals surface area contributed by atoms with Crippen molar-refractivity contribution >= 4 is 5.91 Å². The fraction of sp³-hybridized carbons (Fsp3) is 0.941. The van der Waals surface area contributed by atoms with Crippen molar-refractivity contribution < 1.29 is 4.79 Å². The molecule has 0 aromatic rings. The van der Waals surface area contributed by atoms with Crippen molar-refractivity contribution in [2.75, 3.05) is 0 Å². The molecule has 2 saturated carbocycles. The van der Waals surface area contributed by atoms with Crippen LogP contribution in [0.1, 0.15) is 65.7 Å². The summed E-state index contributed by atoms with van der Waals surface area (Å²) >= 11 is 0. The monoisotopic (exact) mass is 278 g/mol. The number of nitrogens with one attached hydrogen (secondary N) is 1. The van der Waals surface area contributed by atoms with E-state index in [2.05, 4.69) is 24.1 Å². The minimum atomic E-state index is 0.0217. The van der Waals surface area contributed by atoms with Crippen molar-refractivity contribution in [1.82, 2.24) is 10.2 Å². The molecule has 0 spiro atoms. The number of carbonyl (C=O) groups is 1. The van der Waals surface area contributed by atoms with Gasteiger partial charge in [0.15, 0.2) is 0 Å². The third-order valence-corrected chi connectivity index (χ3v) is 6.26. The number of amides is 1. The van der Waals surface area contributed by atoms with Crippen molar-refractivity contribution in [2.45, 2.75) is 84.0 Å². The van der Waals surface area contributed by atoms with Crippen LogP contribution in [-0.4, -0.2) is 29.1 Å². The van der Waals surface area contributed by atoms with Crippen molar-refractivity contribution in [3.8, 4) is 0 Å². The zero-order valence-electron chi connectivity index (χ0n) is 13.3. The van der Waals surface area contributed by atoms with Gasteiger partial charge in [-0.1, -0.05) is 33.1 Å². The lowest BCUT2D eigenvalue weighted by Gasteiger charge is -2.36. The summed E-state index contributed by atoms with van der Waals surface area (Å²) in [6, 6.07) is 0.504. The maximum Gasteiger partial charge on any atom is 0.240 e. The highest BCUT2D eigenvalue weighted by Gasteiger charge is 2.48. The average molecular weight is 278 g/mol. The van der Waals surface area contributed by atoms with Gasteiger partial charge >= 0.3 is 0 Å². The largest absolute Gasteiger partial charge is 0.322 e. The van der Waals surface area contributed by atoms with E-state index >= 15 is 0 Å². The minimum Gasteiger partial charge on any atom is -0.322 e. The van der Waals surface area contributed by atoms with E-state index in [9.17, 15) is 4.79 Å². The Morgan fingerprint density at radius 3 is 2.45 bits per heavy atom. The van der Waals surface area contributed by atoms with Crippen molar-refractivity contribution in [1.29, 1.82) is 0 Å². The van der Waals surface area contributed by atoms with Crippen LogP contribution in [0.4, 0.5) is 0 Å². The summed E-state index contributed by atoms with van der Waals surface area (Å²) in [6.45, 7) is 6.71. The predicted octanol–water partition coefficient (Wildman–Crippen LogP) is 3.15. The molecular formula is C17H30N2O. The van der Waals surface area contributed by atoms with Crippen molar-refractivity contribution in [3.05, 3.63) is 0 Å². The van der Waals surface area contributed by atoms with Gasteiger partial charge in [-0.3, -0.25) is 10.1 Å². The van der Waals surface area contributed by atoms with E-state index in [1.54, 1.807) is 0 Å². The topological polar surface area (TPSA) is 32.3 Å². The Kier molecular flexibility index (Phi) is 4.07. The molecule has 0 aromatic carbocycles. The molecule has 114 valence electrons. The first-order valence-corrected chi connectivity index (χ1v) is 8.71. The first-order valence-electron chi connectivity index (χ1n) is 8.71. The number of nitrogens with zero attached hydrogens (tertiary/aromatic N) is 1. The lowest BCUT2D eigenvalue weighted by molar-refractivity contribution is -0.133. The average Bonchev–Trinajstić information content (AvgIpc) is 3.12. The Balaban J connectivity index is 1.79. The molecule has 1 aliphatic heterocycles. The van der Waals surface area contributed by atoms with Gasteiger partial charge in [-0.05, 0) is 50.4 Å². The quantitative estimate of drug-likeness (QED) is 0.860. The van der Waals surface area contributed by atoms with Gasteiger partial charge in [0.05, 0.1) is 12.2 Å². The van der Waals surface area contributed by atoms with Crippen molar-refractivity contribution in [2.24, 2.45) is 17.8 Å². The summed E-state index contributed by atoms with van der Waals surface area (Å²) in [7, 11) is 0. The second-order valence-electron chi connectivity index (χ2n) is 7.30. The summed E-state index contributed by atoms with van der Waals surface area (Å²) in [5, 5.41) is 3.60. The molecule has 2 aliphatic carbocycles. The second-order valence-corrected chi connectivity index (χ2v) is 7.30. The standard InChI is InChI=1S/C17H30N2O/c1-4-13-9-10-15(11(13)2)19-16(14-7-5-6-8-14)18-12(3)17(19)20/h11-16,18H,4-10H2,1-3H3. The van der Waals surface area contributed by atoms with E-state index in [-0.39, 0.29) is 6.04 Å². The molecule has 3 fully saturated rings. The van der Waals surface area contributed by atoms with E-state index in [0.29, 0.717) is 30.0 Å². The molecule has 3 rings (SSSR count). The number of hydrogen-bond acceptors (Lipinski definition) is 2. The maximum absolute atomic E-state index is 12.7. The van der Waals surface area contributed by atoms with Gasteiger partial charge < -0.3 is 4.90 Å². The van der Waals surface area contributed by atoms with Gasteiger partial charge in [0.25, 0.3) is 0 Å². The summed E-state index contributed by atoms with van der Waals surface area (Å²) in [6.07, 6.45) is 9.38. The molecule has 1 saturated heterocycles. The number of carbonyl (C=O) groups excluding carboxylic acids is 1. The zero-order chi connectivity index (χ0) is 14.3. The molecule has 3 nitrogen and oxygen atoms in total. The van der Waals surface area contributed by atoms with Crippen LogP contribution in [0.5, 0.6) is 0 Å². The SMILES string of the molecule is CCC1CCC(N2C(=O)C(C)NC2C2CCCC2)C1C. The van der Waals surface area contributed by atoms with Gasteiger partial charge in [0.1, 0.15) is 0 Å². The predicted molar refractivity (Wildman–Crippen MR) is 81.2 cm³/mol. The summed E-state index contributed by atoms with van der Waals surface area (Å²) in [5.74, 6) is 2.53. The molecule has 1 N–H and O–H groups in total. The molecule has 1 amide bonds. The van der Waals surface area contributed by atoms with E-state index in [4.69, 9.17) is 0 Å². The van der Waals surface area contributed by atoms with Gasteiger partial charge in [-0.25, -0.2) is 0 Å². The fourth-order valence-electron chi connectivity index (χ4n) is 4.97. The van der Waals surface area contributed by atoms with Crippen LogP contribution in [0.2, 0.25) is 0 Å². The van der Waals surface area contributed by atoms with Crippen LogP contribution in [0.15, 0.2) is 0 Å². The van der Waals surface area contributed by atoms with Gasteiger partial charge in [0.2, 0.25) is 5.91 Å². The van der Waals surface area contributed by atoms with E-state index < -0.39 is 0 Å². The molecule has 3 aliphatic rings. The van der Waals surface area contributed by atoms with Crippen LogP contribution in [-0.2, 0) is 4.79 Å². The third-order valence-electron chi connectivity index (χ3n) is 6.26. The lowest BCUT2D eigenvalue weighted by Crippen LogP contribution is -2.49. The highest BCUT2D eigenvalue weighted by molar-refractivity contribution is 5.84. The van der Waals surface area contributed by atoms with E-state index in [1.165, 1.54) is 44.9 Å². The van der Waals surface area contributed by atoms with Gasteiger partial charge in [0, 0.05) is 6.04 Å². The van der Waals surface area contributed by atoms with E-state index in [1.807, 2.05) is 6.92 Å². The zero-order valence-corrected chi connectivity index (χ0v) is 13.3. The third kappa shape index (κ3) is 2.28. The fourth-order valence-corrected chi connectivity index (χ4v) is 4.97. The Morgan fingerprint density at radius 1 is 1.15 bits per heavy atom. The van der Waals surface area contributed by atoms with Crippen LogP contribution < -0.4 is 5.32 Å². The minimum absolute atomic E-state index is 0.0217. The Hall–Kier alpha value is -0.570. The normalized spacial score (nSPS) is 42.9. The molecule has 3 heteroatoms. The molecule has 5 atom stereocenters. The molecule has 0 radical (unpaired) electrons. The molecule has 1 heterocycles. The first-order chi connectivity index (χ1) is 9.63. The summed E-state index contributed by atoms with van der Waals surface area (Å²) in [4.78, 5) is 14.9. The van der Waals surface area contributed by atoms with Gasteiger partial charge in [-0.2, -0.15) is 0 Å². The maximum atomic E-state index is 12.7. The molecule has 0 aromatic heterocycles. The molecule has 0 bridgehead atoms. The Labute approximate surface area is 123 Å². The number of hydrogen-bond donors (Lipinski definition) is 1. The first kappa shape index (κ1) is 14.4. The second kappa shape index (κ2) is 5.67. The Morgan fingerprint density at radius 2 is 1.85 bits per heavy atom. The number of rotatable bonds is 3.